The third-order valence-electron chi connectivity index (χ3n) is 3.16. The average molecular weight is 311 g/mol. The number of carboxylic acid groups (broad SMARTS) is 1. The molecule has 3 N–H and O–H groups in total. The quantitative estimate of drug-likeness (QED) is 0.709. The number of carbonyl (C=O) groups is 1. The van der Waals surface area contributed by atoms with Gasteiger partial charge in [0, 0.05) is 5.75 Å². The lowest BCUT2D eigenvalue weighted by Gasteiger charge is -2.13. The molecule has 0 saturated carbocycles. The molecule has 1 aromatic heterocycles. The van der Waals surface area contributed by atoms with Gasteiger partial charge in [-0.3, -0.25) is 0 Å². The highest BCUT2D eigenvalue weighted by Crippen LogP contribution is 2.15. The molecule has 0 fully saturated rings. The smallest absolute Gasteiger partial charge is 0.326 e. The summed E-state index contributed by atoms with van der Waals surface area (Å²) < 4.78 is 23.0. The maximum atomic E-state index is 11.5. The molecule has 1 heterocycles. The Hall–Kier alpha value is -2.09. The number of anilines is 1. The van der Waals surface area contributed by atoms with Crippen LogP contribution >= 0.6 is 0 Å². The molecule has 2 rings (SSSR count). The molecule has 1 unspecified atom stereocenters. The molecule has 8 heteroatoms. The van der Waals surface area contributed by atoms with Crippen molar-refractivity contribution < 1.29 is 18.3 Å². The number of carboxylic acids is 1. The molecule has 0 aliphatic rings. The number of aromatic nitrogens is 2. The van der Waals surface area contributed by atoms with Crippen molar-refractivity contribution >= 4 is 32.8 Å². The van der Waals surface area contributed by atoms with Crippen LogP contribution in [0.15, 0.2) is 24.3 Å². The molecule has 0 saturated heterocycles. The van der Waals surface area contributed by atoms with E-state index in [1.54, 1.807) is 6.07 Å². The van der Waals surface area contributed by atoms with Crippen molar-refractivity contribution in [1.82, 2.24) is 9.97 Å². The normalized spacial score (nSPS) is 13.2. The van der Waals surface area contributed by atoms with E-state index in [-0.39, 0.29) is 17.9 Å². The summed E-state index contributed by atoms with van der Waals surface area (Å²) in [5.74, 6) is -0.961. The van der Waals surface area contributed by atoms with Gasteiger partial charge >= 0.3 is 5.97 Å². The molecule has 114 valence electrons. The lowest BCUT2D eigenvalue weighted by atomic mass is 10.2. The van der Waals surface area contributed by atoms with Crippen LogP contribution in [-0.2, 0) is 14.6 Å². The van der Waals surface area contributed by atoms with Crippen molar-refractivity contribution in [2.24, 2.45) is 0 Å². The molecular formula is C13H17N3O4S. The summed E-state index contributed by atoms with van der Waals surface area (Å²) in [6, 6.07) is 6.29. The highest BCUT2D eigenvalue weighted by atomic mass is 32.2. The first kappa shape index (κ1) is 15.3. The van der Waals surface area contributed by atoms with E-state index in [0.717, 1.165) is 5.52 Å². The van der Waals surface area contributed by atoms with Gasteiger partial charge < -0.3 is 15.4 Å². The predicted molar refractivity (Wildman–Crippen MR) is 80.1 cm³/mol. The first-order chi connectivity index (χ1) is 9.91. The van der Waals surface area contributed by atoms with Crippen LogP contribution in [0.2, 0.25) is 0 Å². The van der Waals surface area contributed by atoms with Crippen molar-refractivity contribution in [2.45, 2.75) is 19.4 Å². The zero-order chi connectivity index (χ0) is 15.5. The highest BCUT2D eigenvalue weighted by molar-refractivity contribution is 7.91. The van der Waals surface area contributed by atoms with E-state index >= 15 is 0 Å². The zero-order valence-corrected chi connectivity index (χ0v) is 12.4. The molecule has 0 spiro atoms. The fraction of sp³-hybridized carbons (Fsp3) is 0.385. The predicted octanol–water partition coefficient (Wildman–Crippen LogP) is 1.25. The second kappa shape index (κ2) is 6.13. The largest absolute Gasteiger partial charge is 0.480 e. The fourth-order valence-corrected chi connectivity index (χ4v) is 2.77. The molecule has 1 aromatic carbocycles. The molecule has 1 atom stereocenters. The van der Waals surface area contributed by atoms with Crippen molar-refractivity contribution in [3.8, 4) is 0 Å². The van der Waals surface area contributed by atoms with Crippen LogP contribution in [0.5, 0.6) is 0 Å². The van der Waals surface area contributed by atoms with Gasteiger partial charge in [-0.1, -0.05) is 19.1 Å². The summed E-state index contributed by atoms with van der Waals surface area (Å²) >= 11 is 0. The summed E-state index contributed by atoms with van der Waals surface area (Å²) in [5.41, 5.74) is 1.50. The number of benzene rings is 1. The number of nitrogens with one attached hydrogen (secondary N) is 2. The number of aliphatic carboxylic acids is 1. The molecule has 0 aliphatic carbocycles. The monoisotopic (exact) mass is 311 g/mol. The van der Waals surface area contributed by atoms with Gasteiger partial charge in [0.2, 0.25) is 5.95 Å². The number of hydrogen-bond donors (Lipinski definition) is 3. The summed E-state index contributed by atoms with van der Waals surface area (Å²) in [6.45, 7) is 1.54. The van der Waals surface area contributed by atoms with Gasteiger partial charge in [0.25, 0.3) is 0 Å². The number of rotatable bonds is 7. The van der Waals surface area contributed by atoms with Crippen molar-refractivity contribution in [1.29, 1.82) is 0 Å². The Kier molecular flexibility index (Phi) is 4.46. The van der Waals surface area contributed by atoms with Crippen LogP contribution in [0.1, 0.15) is 13.3 Å². The average Bonchev–Trinajstić information content (AvgIpc) is 2.85. The van der Waals surface area contributed by atoms with Gasteiger partial charge in [-0.25, -0.2) is 18.2 Å². The minimum absolute atomic E-state index is 0.00395. The highest BCUT2D eigenvalue weighted by Gasteiger charge is 2.21. The standard InChI is InChI=1S/C13H17N3O4S/c1-2-21(19,20)8-7-11(12(17)18)16-13-14-9-5-3-4-6-10(9)15-13/h3-6,11H,2,7-8H2,1H3,(H,17,18)(H2,14,15,16). The lowest BCUT2D eigenvalue weighted by molar-refractivity contribution is -0.137. The number of H-pyrrole nitrogens is 1. The third-order valence-corrected chi connectivity index (χ3v) is 4.89. The Morgan fingerprint density at radius 3 is 2.76 bits per heavy atom. The molecule has 0 aliphatic heterocycles. The summed E-state index contributed by atoms with van der Waals surface area (Å²) in [5, 5.41) is 11.9. The molecular weight excluding hydrogens is 294 g/mol. The summed E-state index contributed by atoms with van der Waals surface area (Å²) in [4.78, 5) is 18.4. The first-order valence-electron chi connectivity index (χ1n) is 6.56. The number of nitrogens with zero attached hydrogens (tertiary/aromatic N) is 1. The Balaban J connectivity index is 2.10. The number of para-hydroxylation sites is 2. The minimum atomic E-state index is -3.20. The maximum Gasteiger partial charge on any atom is 0.326 e. The molecule has 0 amide bonds. The number of aromatic amines is 1. The van der Waals surface area contributed by atoms with E-state index in [0.29, 0.717) is 11.5 Å². The van der Waals surface area contributed by atoms with Gasteiger partial charge in [0.1, 0.15) is 15.9 Å². The lowest BCUT2D eigenvalue weighted by Crippen LogP contribution is -2.32. The van der Waals surface area contributed by atoms with Crippen molar-refractivity contribution in [2.75, 3.05) is 16.8 Å². The second-order valence-electron chi connectivity index (χ2n) is 4.66. The SMILES string of the molecule is CCS(=O)(=O)CCC(Nc1nc2ccccc2[nH]1)C(=O)O. The Labute approximate surface area is 122 Å². The van der Waals surface area contributed by atoms with Crippen molar-refractivity contribution in [3.05, 3.63) is 24.3 Å². The Morgan fingerprint density at radius 2 is 2.14 bits per heavy atom. The van der Waals surface area contributed by atoms with Crippen LogP contribution in [0, 0.1) is 0 Å². The van der Waals surface area contributed by atoms with E-state index in [2.05, 4.69) is 15.3 Å². The maximum absolute atomic E-state index is 11.5. The van der Waals surface area contributed by atoms with Crippen LogP contribution in [0.3, 0.4) is 0 Å². The minimum Gasteiger partial charge on any atom is -0.480 e. The number of sulfone groups is 1. The Morgan fingerprint density at radius 1 is 1.43 bits per heavy atom. The number of hydrogen-bond acceptors (Lipinski definition) is 5. The molecule has 0 bridgehead atoms. The van der Waals surface area contributed by atoms with Gasteiger partial charge in [-0.2, -0.15) is 0 Å². The van der Waals surface area contributed by atoms with Gasteiger partial charge in [0.05, 0.1) is 16.8 Å². The van der Waals surface area contributed by atoms with Gasteiger partial charge in [-0.15, -0.1) is 0 Å². The van der Waals surface area contributed by atoms with E-state index < -0.39 is 21.8 Å². The zero-order valence-electron chi connectivity index (χ0n) is 11.5. The third kappa shape index (κ3) is 3.94. The second-order valence-corrected chi connectivity index (χ2v) is 7.14. The number of fused-ring (bicyclic) bond motifs is 1. The van der Waals surface area contributed by atoms with Crippen LogP contribution in [0.4, 0.5) is 5.95 Å². The molecule has 21 heavy (non-hydrogen) atoms. The summed E-state index contributed by atoms with van der Waals surface area (Å²) in [6.07, 6.45) is -0.0114. The van der Waals surface area contributed by atoms with E-state index in [1.165, 1.54) is 6.92 Å². The van der Waals surface area contributed by atoms with Gasteiger partial charge in [-0.05, 0) is 18.6 Å². The Bertz CT molecular complexity index is 706. The van der Waals surface area contributed by atoms with Crippen LogP contribution in [-0.4, -0.2) is 47.0 Å². The fourth-order valence-electron chi connectivity index (χ4n) is 1.89. The topological polar surface area (TPSA) is 112 Å². The van der Waals surface area contributed by atoms with E-state index in [1.807, 2.05) is 18.2 Å². The molecule has 7 nitrogen and oxygen atoms in total. The summed E-state index contributed by atoms with van der Waals surface area (Å²) in [7, 11) is -3.20. The molecule has 0 radical (unpaired) electrons. The molecule has 2 aromatic rings. The van der Waals surface area contributed by atoms with Crippen LogP contribution < -0.4 is 5.32 Å². The van der Waals surface area contributed by atoms with Gasteiger partial charge in [0.15, 0.2) is 0 Å². The van der Waals surface area contributed by atoms with E-state index in [4.69, 9.17) is 0 Å². The van der Waals surface area contributed by atoms with Crippen LogP contribution in [0.25, 0.3) is 11.0 Å². The van der Waals surface area contributed by atoms with Crippen molar-refractivity contribution in [3.63, 3.8) is 0 Å². The number of imidazole rings is 1. The van der Waals surface area contributed by atoms with E-state index in [9.17, 15) is 18.3 Å². The first-order valence-corrected chi connectivity index (χ1v) is 8.38.